The van der Waals surface area contributed by atoms with Crippen molar-refractivity contribution in [3.63, 3.8) is 0 Å². The Morgan fingerprint density at radius 2 is 1.81 bits per heavy atom. The van der Waals surface area contributed by atoms with Gasteiger partial charge in [-0.1, -0.05) is 51.1 Å². The number of aromatic nitrogens is 3. The lowest BCUT2D eigenvalue weighted by Gasteiger charge is -2.39. The van der Waals surface area contributed by atoms with Gasteiger partial charge in [0.1, 0.15) is 18.2 Å². The van der Waals surface area contributed by atoms with E-state index in [0.717, 1.165) is 23.8 Å². The number of nitrogens with zero attached hydrogens (tertiary/aromatic N) is 4. The highest BCUT2D eigenvalue weighted by Gasteiger charge is 2.39. The van der Waals surface area contributed by atoms with E-state index in [1.165, 1.54) is 9.58 Å². The van der Waals surface area contributed by atoms with Crippen LogP contribution < -0.4 is 5.73 Å². The van der Waals surface area contributed by atoms with Crippen molar-refractivity contribution >= 4 is 5.91 Å². The normalized spacial score (nSPS) is 13.6. The summed E-state index contributed by atoms with van der Waals surface area (Å²) in [5, 5.41) is 14.1. The van der Waals surface area contributed by atoms with E-state index in [4.69, 9.17) is 5.73 Å². The summed E-state index contributed by atoms with van der Waals surface area (Å²) in [6.07, 6.45) is -3.02. The Balaban J connectivity index is 2.18. The summed E-state index contributed by atoms with van der Waals surface area (Å²) < 4.78 is 56.3. The number of halogens is 4. The van der Waals surface area contributed by atoms with Crippen LogP contribution in [0.25, 0.3) is 11.4 Å². The summed E-state index contributed by atoms with van der Waals surface area (Å²) in [5.41, 5.74) is 5.46. The fraction of sp³-hybridized carbons (Fsp3) is 0.423. The number of nitrogens with two attached hydrogens (primary N) is 1. The first kappa shape index (κ1) is 28.3. The van der Waals surface area contributed by atoms with E-state index in [9.17, 15) is 27.5 Å². The molecule has 0 spiro atoms. The van der Waals surface area contributed by atoms with Gasteiger partial charge < -0.3 is 15.7 Å². The van der Waals surface area contributed by atoms with Crippen molar-refractivity contribution < 1.29 is 27.5 Å². The molecule has 1 aromatic heterocycles. The van der Waals surface area contributed by atoms with Crippen molar-refractivity contribution in [2.75, 3.05) is 13.2 Å². The topological polar surface area (TPSA) is 97.3 Å². The molecule has 2 atom stereocenters. The molecule has 7 nitrogen and oxygen atoms in total. The molecule has 1 amide bonds. The molecule has 11 heteroatoms. The number of carbonyl (C=O) groups excluding carboxylic acids is 1. The van der Waals surface area contributed by atoms with Crippen molar-refractivity contribution in [1.82, 2.24) is 19.7 Å². The highest BCUT2D eigenvalue weighted by molar-refractivity contribution is 5.77. The number of hydrogen-bond donors (Lipinski definition) is 2. The summed E-state index contributed by atoms with van der Waals surface area (Å²) in [7, 11) is 0. The van der Waals surface area contributed by atoms with E-state index < -0.39 is 48.1 Å². The van der Waals surface area contributed by atoms with E-state index in [2.05, 4.69) is 10.1 Å². The van der Waals surface area contributed by atoms with Crippen molar-refractivity contribution in [3.05, 3.63) is 71.6 Å². The summed E-state index contributed by atoms with van der Waals surface area (Å²) in [6.45, 7) is 4.57. The maximum Gasteiger partial charge on any atom is 0.253 e. The predicted molar refractivity (Wildman–Crippen MR) is 131 cm³/mol. The van der Waals surface area contributed by atoms with Crippen LogP contribution in [-0.2, 0) is 11.3 Å². The summed E-state index contributed by atoms with van der Waals surface area (Å²) >= 11 is 0. The third kappa shape index (κ3) is 6.92. The smallest absolute Gasteiger partial charge is 0.253 e. The van der Waals surface area contributed by atoms with Crippen molar-refractivity contribution in [2.45, 2.75) is 52.2 Å². The molecule has 3 N–H and O–H groups in total. The van der Waals surface area contributed by atoms with E-state index in [1.54, 1.807) is 0 Å². The second-order valence-electron chi connectivity index (χ2n) is 9.86. The van der Waals surface area contributed by atoms with E-state index in [-0.39, 0.29) is 36.7 Å². The van der Waals surface area contributed by atoms with Crippen LogP contribution in [0, 0.1) is 17.0 Å². The third-order valence-corrected chi connectivity index (χ3v) is 5.90. The van der Waals surface area contributed by atoms with Gasteiger partial charge in [-0.25, -0.2) is 27.2 Å². The number of carbonyl (C=O) groups is 1. The zero-order valence-electron chi connectivity index (χ0n) is 20.9. The van der Waals surface area contributed by atoms with Gasteiger partial charge in [-0.15, -0.1) is 0 Å². The lowest BCUT2D eigenvalue weighted by Crippen LogP contribution is -2.46. The number of alkyl halides is 2. The fourth-order valence-corrected chi connectivity index (χ4v) is 4.11. The van der Waals surface area contributed by atoms with E-state index >= 15 is 0 Å². The van der Waals surface area contributed by atoms with Crippen LogP contribution in [0.15, 0.2) is 48.5 Å². The number of amides is 1. The van der Waals surface area contributed by atoms with Gasteiger partial charge >= 0.3 is 0 Å². The minimum absolute atomic E-state index is 0.0992. The van der Waals surface area contributed by atoms with Crippen LogP contribution in [0.4, 0.5) is 17.6 Å². The molecule has 0 aliphatic rings. The second-order valence-corrected chi connectivity index (χ2v) is 9.86. The number of aliphatic hydroxyl groups excluding tert-OH is 1. The molecule has 0 fully saturated rings. The number of aliphatic hydroxyl groups is 1. The van der Waals surface area contributed by atoms with Crippen molar-refractivity contribution in [2.24, 2.45) is 11.1 Å². The van der Waals surface area contributed by atoms with Gasteiger partial charge in [-0.3, -0.25) is 4.79 Å². The molecule has 0 saturated heterocycles. The highest BCUT2D eigenvalue weighted by atomic mass is 19.3. The van der Waals surface area contributed by atoms with Gasteiger partial charge in [-0.2, -0.15) is 5.10 Å². The van der Waals surface area contributed by atoms with Crippen molar-refractivity contribution in [1.29, 1.82) is 0 Å². The number of rotatable bonds is 10. The SMILES string of the molecule is CC(C)(C)[C@H](c1nc(-c2cc(F)ccc2F)nn1Cc1ccccc1)N(CCC(N)C(F)F)C(=O)CO. The zero-order chi connectivity index (χ0) is 27.3. The van der Waals surface area contributed by atoms with Gasteiger partial charge in [0, 0.05) is 6.54 Å². The molecule has 0 radical (unpaired) electrons. The molecule has 1 unspecified atom stereocenters. The molecule has 2 aromatic carbocycles. The lowest BCUT2D eigenvalue weighted by molar-refractivity contribution is -0.140. The van der Waals surface area contributed by atoms with E-state index in [0.29, 0.717) is 0 Å². The first-order valence-corrected chi connectivity index (χ1v) is 11.8. The van der Waals surface area contributed by atoms with Crippen LogP contribution >= 0.6 is 0 Å². The molecule has 0 aliphatic carbocycles. The second kappa shape index (κ2) is 11.8. The average molecular weight is 522 g/mol. The summed E-state index contributed by atoms with van der Waals surface area (Å²) in [4.78, 5) is 18.7. The standard InChI is InChI=1S/C26H31F4N5O2/c1-26(2,3)22(34(21(37)15-36)12-11-20(31)23(29)30)25-32-24(18-13-17(27)9-10-19(18)28)33-35(25)14-16-7-5-4-6-8-16/h4-10,13,20,22-23,36H,11-12,14-15,31H2,1-3H3/t20?,22-/m0/s1. The molecule has 0 bridgehead atoms. The molecule has 200 valence electrons. The van der Waals surface area contributed by atoms with E-state index in [1.807, 2.05) is 51.1 Å². The zero-order valence-corrected chi connectivity index (χ0v) is 20.9. The van der Waals surface area contributed by atoms with Gasteiger partial charge in [0.25, 0.3) is 6.43 Å². The number of hydrogen-bond acceptors (Lipinski definition) is 5. The Kier molecular flexibility index (Phi) is 9.03. The maximum atomic E-state index is 14.6. The summed E-state index contributed by atoms with van der Waals surface area (Å²) in [5.74, 6) is -2.00. The minimum atomic E-state index is -2.79. The van der Waals surface area contributed by atoms with Crippen LogP contribution in [0.5, 0.6) is 0 Å². The monoisotopic (exact) mass is 521 g/mol. The Bertz CT molecular complexity index is 1200. The quantitative estimate of drug-likeness (QED) is 0.391. The van der Waals surface area contributed by atoms with Crippen molar-refractivity contribution in [3.8, 4) is 11.4 Å². The fourth-order valence-electron chi connectivity index (χ4n) is 4.11. The van der Waals surface area contributed by atoms with Gasteiger partial charge in [-0.05, 0) is 35.6 Å². The Labute approximate surface area is 212 Å². The maximum absolute atomic E-state index is 14.6. The minimum Gasteiger partial charge on any atom is -0.387 e. The predicted octanol–water partition coefficient (Wildman–Crippen LogP) is 4.16. The van der Waals surface area contributed by atoms with Gasteiger partial charge in [0.15, 0.2) is 11.6 Å². The Hall–Kier alpha value is -3.31. The van der Waals surface area contributed by atoms with Crippen LogP contribution in [0.1, 0.15) is 44.6 Å². The van der Waals surface area contributed by atoms with Crippen LogP contribution in [0.3, 0.4) is 0 Å². The Morgan fingerprint density at radius 1 is 1.14 bits per heavy atom. The molecule has 3 aromatic rings. The lowest BCUT2D eigenvalue weighted by atomic mass is 9.84. The molecule has 3 rings (SSSR count). The third-order valence-electron chi connectivity index (χ3n) is 5.90. The molecular formula is C26H31F4N5O2. The molecule has 0 aliphatic heterocycles. The average Bonchev–Trinajstić information content (AvgIpc) is 3.24. The Morgan fingerprint density at radius 3 is 2.41 bits per heavy atom. The van der Waals surface area contributed by atoms with Gasteiger partial charge in [0.05, 0.1) is 24.2 Å². The molecule has 37 heavy (non-hydrogen) atoms. The summed E-state index contributed by atoms with van der Waals surface area (Å²) in [6, 6.07) is 9.75. The molecule has 1 heterocycles. The first-order chi connectivity index (χ1) is 17.4. The van der Waals surface area contributed by atoms with Gasteiger partial charge in [0.2, 0.25) is 5.91 Å². The first-order valence-electron chi connectivity index (χ1n) is 11.8. The van der Waals surface area contributed by atoms with Crippen LogP contribution in [-0.4, -0.2) is 56.3 Å². The molecule has 0 saturated carbocycles. The number of benzene rings is 2. The van der Waals surface area contributed by atoms with Crippen LogP contribution in [0.2, 0.25) is 0 Å². The molecular weight excluding hydrogens is 490 g/mol. The highest BCUT2D eigenvalue weighted by Crippen LogP contribution is 2.39. The largest absolute Gasteiger partial charge is 0.387 e.